The van der Waals surface area contributed by atoms with Gasteiger partial charge in [0.2, 0.25) is 0 Å². The number of halogens is 2. The quantitative estimate of drug-likeness (QED) is 0.634. The molecule has 6 heteroatoms. The standard InChI is InChI=1S/C10H9BrFNO3/c1-5(6(2)14)7-3-9(12)8(11)4-10(7)13(15)16/h3-5H,1-2H3. The van der Waals surface area contributed by atoms with E-state index in [0.29, 0.717) is 0 Å². The molecule has 0 heterocycles. The van der Waals surface area contributed by atoms with Crippen LogP contribution in [0, 0.1) is 15.9 Å². The highest BCUT2D eigenvalue weighted by Crippen LogP contribution is 2.31. The van der Waals surface area contributed by atoms with Gasteiger partial charge in [-0.15, -0.1) is 0 Å². The minimum absolute atomic E-state index is 0.0127. The number of nitro benzene ring substituents is 1. The van der Waals surface area contributed by atoms with Gasteiger partial charge in [0.25, 0.3) is 5.69 Å². The van der Waals surface area contributed by atoms with E-state index in [0.717, 1.165) is 12.1 Å². The van der Waals surface area contributed by atoms with Crippen molar-refractivity contribution in [1.29, 1.82) is 0 Å². The van der Waals surface area contributed by atoms with E-state index in [2.05, 4.69) is 15.9 Å². The molecule has 0 aliphatic carbocycles. The summed E-state index contributed by atoms with van der Waals surface area (Å²) >= 11 is 2.87. The third kappa shape index (κ3) is 2.44. The molecule has 0 aromatic heterocycles. The van der Waals surface area contributed by atoms with Gasteiger partial charge in [-0.1, -0.05) is 6.92 Å². The molecule has 1 aromatic carbocycles. The van der Waals surface area contributed by atoms with Crippen LogP contribution in [0.15, 0.2) is 16.6 Å². The van der Waals surface area contributed by atoms with Crippen molar-refractivity contribution in [3.8, 4) is 0 Å². The molecule has 0 spiro atoms. The van der Waals surface area contributed by atoms with Gasteiger partial charge in [-0.3, -0.25) is 14.9 Å². The zero-order chi connectivity index (χ0) is 12.5. The molecular weight excluding hydrogens is 281 g/mol. The maximum Gasteiger partial charge on any atom is 0.274 e. The largest absolute Gasteiger partial charge is 0.299 e. The van der Waals surface area contributed by atoms with E-state index in [1.165, 1.54) is 13.8 Å². The van der Waals surface area contributed by atoms with Crippen LogP contribution in [0.1, 0.15) is 25.3 Å². The van der Waals surface area contributed by atoms with Crippen LogP contribution in [0.4, 0.5) is 10.1 Å². The van der Waals surface area contributed by atoms with Crippen LogP contribution in [-0.2, 0) is 4.79 Å². The lowest BCUT2D eigenvalue weighted by Crippen LogP contribution is -2.08. The van der Waals surface area contributed by atoms with Crippen LogP contribution in [-0.4, -0.2) is 10.7 Å². The highest BCUT2D eigenvalue weighted by molar-refractivity contribution is 9.10. The Morgan fingerprint density at radius 3 is 2.56 bits per heavy atom. The number of rotatable bonds is 3. The molecule has 1 atom stereocenters. The molecule has 0 fully saturated rings. The first-order valence-corrected chi connectivity index (χ1v) is 5.27. The summed E-state index contributed by atoms with van der Waals surface area (Å²) in [6.45, 7) is 2.83. The number of carbonyl (C=O) groups is 1. The van der Waals surface area contributed by atoms with Gasteiger partial charge < -0.3 is 0 Å². The zero-order valence-corrected chi connectivity index (χ0v) is 10.2. The first kappa shape index (κ1) is 12.8. The van der Waals surface area contributed by atoms with E-state index in [9.17, 15) is 19.3 Å². The smallest absolute Gasteiger partial charge is 0.274 e. The van der Waals surface area contributed by atoms with Gasteiger partial charge in [-0.05, 0) is 28.9 Å². The number of carbonyl (C=O) groups excluding carboxylic acids is 1. The van der Waals surface area contributed by atoms with Gasteiger partial charge in [-0.25, -0.2) is 4.39 Å². The third-order valence-electron chi connectivity index (χ3n) is 2.34. The van der Waals surface area contributed by atoms with E-state index in [1.54, 1.807) is 0 Å². The molecule has 1 aromatic rings. The summed E-state index contributed by atoms with van der Waals surface area (Å²) in [5.41, 5.74) is -0.158. The number of benzene rings is 1. The van der Waals surface area contributed by atoms with Crippen LogP contribution in [0.25, 0.3) is 0 Å². The molecular formula is C10H9BrFNO3. The molecule has 0 radical (unpaired) electrons. The Bertz CT molecular complexity index is 462. The highest BCUT2D eigenvalue weighted by Gasteiger charge is 2.24. The summed E-state index contributed by atoms with van der Waals surface area (Å²) in [6.07, 6.45) is 0. The predicted molar refractivity (Wildman–Crippen MR) is 59.9 cm³/mol. The lowest BCUT2D eigenvalue weighted by atomic mass is 9.96. The maximum atomic E-state index is 13.3. The first-order chi connectivity index (χ1) is 7.34. The van der Waals surface area contributed by atoms with Crippen LogP contribution in [0.5, 0.6) is 0 Å². The normalized spacial score (nSPS) is 12.2. The average molecular weight is 290 g/mol. The van der Waals surface area contributed by atoms with Crippen molar-refractivity contribution in [2.24, 2.45) is 0 Å². The summed E-state index contributed by atoms with van der Waals surface area (Å²) in [5.74, 6) is -1.55. The third-order valence-corrected chi connectivity index (χ3v) is 2.95. The second kappa shape index (κ2) is 4.69. The fourth-order valence-electron chi connectivity index (χ4n) is 1.28. The fourth-order valence-corrected chi connectivity index (χ4v) is 1.61. The van der Waals surface area contributed by atoms with E-state index in [4.69, 9.17) is 0 Å². The summed E-state index contributed by atoms with van der Waals surface area (Å²) < 4.78 is 13.3. The molecule has 1 unspecified atom stereocenters. The summed E-state index contributed by atoms with van der Waals surface area (Å²) in [6, 6.07) is 2.10. The lowest BCUT2D eigenvalue weighted by molar-refractivity contribution is -0.385. The van der Waals surface area contributed by atoms with Crippen LogP contribution < -0.4 is 0 Å². The SMILES string of the molecule is CC(=O)C(C)c1cc(F)c(Br)cc1[N+](=O)[O-]. The maximum absolute atomic E-state index is 13.3. The van der Waals surface area contributed by atoms with Crippen molar-refractivity contribution >= 4 is 27.4 Å². The van der Waals surface area contributed by atoms with Crippen LogP contribution in [0.2, 0.25) is 0 Å². The predicted octanol–water partition coefficient (Wildman–Crippen LogP) is 3.19. The second-order valence-corrected chi connectivity index (χ2v) is 4.27. The van der Waals surface area contributed by atoms with Gasteiger partial charge in [-0.2, -0.15) is 0 Å². The number of hydrogen-bond acceptors (Lipinski definition) is 3. The number of Topliss-reactive ketones (excluding diaryl/α,β-unsaturated/α-hetero) is 1. The van der Waals surface area contributed by atoms with Crippen molar-refractivity contribution < 1.29 is 14.1 Å². The monoisotopic (exact) mass is 289 g/mol. The first-order valence-electron chi connectivity index (χ1n) is 4.48. The Balaban J connectivity index is 3.41. The van der Waals surface area contributed by atoms with E-state index < -0.39 is 16.7 Å². The van der Waals surface area contributed by atoms with Gasteiger partial charge in [0.1, 0.15) is 11.6 Å². The summed E-state index contributed by atoms with van der Waals surface area (Å²) in [5, 5.41) is 10.8. The topological polar surface area (TPSA) is 60.2 Å². The Labute approximate surface area is 99.7 Å². The second-order valence-electron chi connectivity index (χ2n) is 3.41. The Hall–Kier alpha value is -1.30. The van der Waals surface area contributed by atoms with E-state index in [1.807, 2.05) is 0 Å². The van der Waals surface area contributed by atoms with Crippen molar-refractivity contribution in [2.45, 2.75) is 19.8 Å². The molecule has 0 N–H and O–H groups in total. The van der Waals surface area contributed by atoms with Crippen LogP contribution in [0.3, 0.4) is 0 Å². The van der Waals surface area contributed by atoms with Crippen molar-refractivity contribution in [3.63, 3.8) is 0 Å². The molecule has 0 saturated heterocycles. The molecule has 0 bridgehead atoms. The van der Waals surface area contributed by atoms with E-state index >= 15 is 0 Å². The lowest BCUT2D eigenvalue weighted by Gasteiger charge is -2.09. The van der Waals surface area contributed by atoms with Crippen LogP contribution >= 0.6 is 15.9 Å². The Morgan fingerprint density at radius 1 is 1.56 bits per heavy atom. The van der Waals surface area contributed by atoms with Gasteiger partial charge in [0, 0.05) is 17.5 Å². The minimum Gasteiger partial charge on any atom is -0.299 e. The fraction of sp³-hybridized carbons (Fsp3) is 0.300. The number of nitro groups is 1. The van der Waals surface area contributed by atoms with E-state index in [-0.39, 0.29) is 21.5 Å². The number of hydrogen-bond donors (Lipinski definition) is 0. The molecule has 0 aliphatic rings. The molecule has 0 saturated carbocycles. The zero-order valence-electron chi connectivity index (χ0n) is 8.66. The van der Waals surface area contributed by atoms with Gasteiger partial charge >= 0.3 is 0 Å². The van der Waals surface area contributed by atoms with Crippen molar-refractivity contribution in [3.05, 3.63) is 38.1 Å². The van der Waals surface area contributed by atoms with Crippen molar-refractivity contribution in [1.82, 2.24) is 0 Å². The molecule has 86 valence electrons. The molecule has 4 nitrogen and oxygen atoms in total. The van der Waals surface area contributed by atoms with Gasteiger partial charge in [0.15, 0.2) is 0 Å². The molecule has 0 amide bonds. The molecule has 0 aliphatic heterocycles. The molecule has 1 rings (SSSR count). The summed E-state index contributed by atoms with van der Waals surface area (Å²) in [7, 11) is 0. The van der Waals surface area contributed by atoms with Crippen molar-refractivity contribution in [2.75, 3.05) is 0 Å². The number of ketones is 1. The number of nitrogens with zero attached hydrogens (tertiary/aromatic N) is 1. The highest BCUT2D eigenvalue weighted by atomic mass is 79.9. The minimum atomic E-state index is -0.692. The summed E-state index contributed by atoms with van der Waals surface area (Å²) in [4.78, 5) is 21.3. The van der Waals surface area contributed by atoms with Gasteiger partial charge in [0.05, 0.1) is 9.40 Å². The Morgan fingerprint density at radius 2 is 2.12 bits per heavy atom. The average Bonchev–Trinajstić information content (AvgIpc) is 2.19. The Kier molecular flexibility index (Phi) is 3.74. The molecule has 16 heavy (non-hydrogen) atoms.